The van der Waals surface area contributed by atoms with E-state index < -0.39 is 11.9 Å². The summed E-state index contributed by atoms with van der Waals surface area (Å²) in [6, 6.07) is 12.5. The SMILES string of the molecule is CC(=O)Oc1ccc(C(=O)O/N=C(\N)c2ccc(Cl)cc2)cc1. The van der Waals surface area contributed by atoms with E-state index in [-0.39, 0.29) is 11.4 Å². The second kappa shape index (κ2) is 7.42. The molecule has 0 aliphatic rings. The van der Waals surface area contributed by atoms with Gasteiger partial charge >= 0.3 is 11.9 Å². The molecule has 0 unspecified atom stereocenters. The predicted octanol–water partition coefficient (Wildman–Crippen LogP) is 2.74. The molecular formula is C16H13ClN2O4. The van der Waals surface area contributed by atoms with Crippen LogP contribution in [0.15, 0.2) is 53.7 Å². The van der Waals surface area contributed by atoms with Crippen LogP contribution in [0.5, 0.6) is 5.75 Å². The molecule has 0 bridgehead atoms. The summed E-state index contributed by atoms with van der Waals surface area (Å²) >= 11 is 5.77. The molecule has 0 saturated carbocycles. The molecule has 0 heterocycles. The highest BCUT2D eigenvalue weighted by atomic mass is 35.5. The number of oxime groups is 1. The molecular weight excluding hydrogens is 320 g/mol. The average Bonchev–Trinajstić information content (AvgIpc) is 2.53. The fourth-order valence-electron chi connectivity index (χ4n) is 1.64. The molecule has 0 aliphatic heterocycles. The Balaban J connectivity index is 2.02. The molecule has 0 atom stereocenters. The Morgan fingerprint density at radius 3 is 2.13 bits per heavy atom. The quantitative estimate of drug-likeness (QED) is 0.232. The maximum Gasteiger partial charge on any atom is 0.365 e. The van der Waals surface area contributed by atoms with Crippen LogP contribution in [0.4, 0.5) is 0 Å². The number of halogens is 1. The van der Waals surface area contributed by atoms with Crippen molar-refractivity contribution in [3.8, 4) is 5.75 Å². The van der Waals surface area contributed by atoms with Gasteiger partial charge in [0.05, 0.1) is 5.56 Å². The molecule has 6 nitrogen and oxygen atoms in total. The van der Waals surface area contributed by atoms with Crippen LogP contribution >= 0.6 is 11.6 Å². The first-order valence-electron chi connectivity index (χ1n) is 6.55. The number of rotatable bonds is 4. The monoisotopic (exact) mass is 332 g/mol. The van der Waals surface area contributed by atoms with E-state index in [0.29, 0.717) is 16.3 Å². The van der Waals surface area contributed by atoms with Gasteiger partial charge in [0.2, 0.25) is 0 Å². The van der Waals surface area contributed by atoms with Crippen LogP contribution in [0.2, 0.25) is 5.02 Å². The van der Waals surface area contributed by atoms with Gasteiger partial charge in [-0.1, -0.05) is 16.8 Å². The van der Waals surface area contributed by atoms with Crippen LogP contribution in [-0.4, -0.2) is 17.8 Å². The third-order valence-corrected chi connectivity index (χ3v) is 2.97. The van der Waals surface area contributed by atoms with E-state index in [2.05, 4.69) is 5.16 Å². The van der Waals surface area contributed by atoms with Crippen molar-refractivity contribution in [1.82, 2.24) is 0 Å². The Labute approximate surface area is 137 Å². The second-order valence-electron chi connectivity index (χ2n) is 4.48. The first-order valence-corrected chi connectivity index (χ1v) is 6.93. The minimum absolute atomic E-state index is 0.0477. The maximum atomic E-state index is 11.9. The van der Waals surface area contributed by atoms with Gasteiger partial charge in [-0.2, -0.15) is 0 Å². The van der Waals surface area contributed by atoms with E-state index in [0.717, 1.165) is 0 Å². The van der Waals surface area contributed by atoms with Crippen molar-refractivity contribution in [1.29, 1.82) is 0 Å². The Morgan fingerprint density at radius 2 is 1.57 bits per heavy atom. The molecule has 7 heteroatoms. The average molecular weight is 333 g/mol. The highest BCUT2D eigenvalue weighted by molar-refractivity contribution is 6.30. The van der Waals surface area contributed by atoms with Crippen molar-refractivity contribution in [3.05, 3.63) is 64.7 Å². The summed E-state index contributed by atoms with van der Waals surface area (Å²) in [5, 5.41) is 4.15. The van der Waals surface area contributed by atoms with Crippen molar-refractivity contribution in [3.63, 3.8) is 0 Å². The molecule has 2 aromatic carbocycles. The summed E-state index contributed by atoms with van der Waals surface area (Å²) in [6.45, 7) is 1.29. The molecule has 0 radical (unpaired) electrons. The highest BCUT2D eigenvalue weighted by Gasteiger charge is 2.09. The minimum Gasteiger partial charge on any atom is -0.427 e. The number of benzene rings is 2. The van der Waals surface area contributed by atoms with Gasteiger partial charge in [0.15, 0.2) is 5.84 Å². The van der Waals surface area contributed by atoms with Gasteiger partial charge in [-0.15, -0.1) is 0 Å². The Morgan fingerprint density at radius 1 is 1.00 bits per heavy atom. The zero-order valence-electron chi connectivity index (χ0n) is 12.2. The minimum atomic E-state index is -0.684. The van der Waals surface area contributed by atoms with Gasteiger partial charge in [-0.25, -0.2) is 4.79 Å². The van der Waals surface area contributed by atoms with Gasteiger partial charge < -0.3 is 15.3 Å². The Hall–Kier alpha value is -2.86. The predicted molar refractivity (Wildman–Crippen MR) is 85.3 cm³/mol. The van der Waals surface area contributed by atoms with E-state index in [1.807, 2.05) is 0 Å². The van der Waals surface area contributed by atoms with E-state index in [4.69, 9.17) is 26.9 Å². The van der Waals surface area contributed by atoms with Crippen LogP contribution in [0, 0.1) is 0 Å². The molecule has 0 aromatic heterocycles. The number of hydrogen-bond donors (Lipinski definition) is 1. The van der Waals surface area contributed by atoms with Gasteiger partial charge in [0.1, 0.15) is 5.75 Å². The standard InChI is InChI=1S/C16H13ClN2O4/c1-10(20)22-14-8-4-12(5-9-14)16(21)23-19-15(18)11-2-6-13(17)7-3-11/h2-9H,1H3,(H2,18,19). The van der Waals surface area contributed by atoms with Crippen molar-refractivity contribution in [2.45, 2.75) is 6.92 Å². The van der Waals surface area contributed by atoms with E-state index in [1.54, 1.807) is 24.3 Å². The van der Waals surface area contributed by atoms with E-state index >= 15 is 0 Å². The smallest absolute Gasteiger partial charge is 0.365 e. The molecule has 2 rings (SSSR count). The van der Waals surface area contributed by atoms with E-state index in [1.165, 1.54) is 31.2 Å². The summed E-state index contributed by atoms with van der Waals surface area (Å²) in [5.74, 6) is -0.748. The maximum absolute atomic E-state index is 11.9. The van der Waals surface area contributed by atoms with Crippen molar-refractivity contribution >= 4 is 29.4 Å². The fourth-order valence-corrected chi connectivity index (χ4v) is 1.77. The number of hydrogen-bond acceptors (Lipinski definition) is 5. The number of carbonyl (C=O) groups is 2. The fraction of sp³-hybridized carbons (Fsp3) is 0.0625. The van der Waals surface area contributed by atoms with E-state index in [9.17, 15) is 9.59 Å². The van der Waals surface area contributed by atoms with Crippen molar-refractivity contribution in [2.24, 2.45) is 10.9 Å². The van der Waals surface area contributed by atoms with Crippen LogP contribution < -0.4 is 10.5 Å². The number of amidine groups is 1. The molecule has 0 aliphatic carbocycles. The van der Waals surface area contributed by atoms with Crippen molar-refractivity contribution < 1.29 is 19.2 Å². The van der Waals surface area contributed by atoms with Gasteiger partial charge in [0.25, 0.3) is 0 Å². The molecule has 118 valence electrons. The highest BCUT2D eigenvalue weighted by Crippen LogP contribution is 2.13. The molecule has 0 fully saturated rings. The number of nitrogens with zero attached hydrogens (tertiary/aromatic N) is 1. The number of nitrogens with two attached hydrogens (primary N) is 1. The number of carbonyl (C=O) groups excluding carboxylic acids is 2. The topological polar surface area (TPSA) is 91.0 Å². The zero-order valence-corrected chi connectivity index (χ0v) is 12.9. The summed E-state index contributed by atoms with van der Waals surface area (Å²) in [5.41, 5.74) is 6.54. The molecule has 0 amide bonds. The van der Waals surface area contributed by atoms with Gasteiger partial charge in [-0.3, -0.25) is 4.79 Å². The summed E-state index contributed by atoms with van der Waals surface area (Å²) in [7, 11) is 0. The number of esters is 1. The lowest BCUT2D eigenvalue weighted by Gasteiger charge is -2.03. The summed E-state index contributed by atoms with van der Waals surface area (Å²) in [4.78, 5) is 27.4. The first kappa shape index (κ1) is 16.5. The summed E-state index contributed by atoms with van der Waals surface area (Å²) < 4.78 is 4.87. The zero-order chi connectivity index (χ0) is 16.8. The molecule has 0 saturated heterocycles. The van der Waals surface area contributed by atoms with Crippen molar-refractivity contribution in [2.75, 3.05) is 0 Å². The second-order valence-corrected chi connectivity index (χ2v) is 4.92. The lowest BCUT2D eigenvalue weighted by atomic mass is 10.2. The van der Waals surface area contributed by atoms with Gasteiger partial charge in [-0.05, 0) is 48.5 Å². The lowest BCUT2D eigenvalue weighted by Crippen LogP contribution is -2.15. The Bertz CT molecular complexity index is 740. The van der Waals surface area contributed by atoms with Crippen LogP contribution in [0.1, 0.15) is 22.8 Å². The molecule has 23 heavy (non-hydrogen) atoms. The third kappa shape index (κ3) is 4.82. The normalized spacial score (nSPS) is 11.0. The number of ether oxygens (including phenoxy) is 1. The van der Waals surface area contributed by atoms with Crippen LogP contribution in [-0.2, 0) is 9.63 Å². The lowest BCUT2D eigenvalue weighted by molar-refractivity contribution is -0.131. The van der Waals surface area contributed by atoms with Crippen LogP contribution in [0.25, 0.3) is 0 Å². The first-order chi connectivity index (χ1) is 11.0. The molecule has 0 spiro atoms. The van der Waals surface area contributed by atoms with Gasteiger partial charge in [0, 0.05) is 17.5 Å². The Kier molecular flexibility index (Phi) is 5.32. The largest absolute Gasteiger partial charge is 0.427 e. The van der Waals surface area contributed by atoms with Crippen LogP contribution in [0.3, 0.4) is 0 Å². The summed E-state index contributed by atoms with van der Waals surface area (Å²) in [6.07, 6.45) is 0. The molecule has 2 aromatic rings. The third-order valence-electron chi connectivity index (χ3n) is 2.72. The molecule has 2 N–H and O–H groups in total.